The zero-order valence-corrected chi connectivity index (χ0v) is 15.3. The molecular formula is C19H21F2NO3S. The fourth-order valence-corrected chi connectivity index (χ4v) is 4.99. The molecule has 2 aromatic carbocycles. The van der Waals surface area contributed by atoms with Crippen molar-refractivity contribution in [1.29, 1.82) is 0 Å². The first-order chi connectivity index (χ1) is 12.4. The number of methoxy groups -OCH3 is 1. The molecule has 7 heteroatoms. The fraction of sp³-hybridized carbons (Fsp3) is 0.368. The molecule has 1 aliphatic rings. The molecule has 4 nitrogen and oxygen atoms in total. The summed E-state index contributed by atoms with van der Waals surface area (Å²) in [6.45, 7) is 0.593. The quantitative estimate of drug-likeness (QED) is 0.771. The molecule has 1 aliphatic heterocycles. The number of halogens is 2. The highest BCUT2D eigenvalue weighted by molar-refractivity contribution is 7.91. The largest absolute Gasteiger partial charge is 0.497 e. The molecule has 1 saturated heterocycles. The van der Waals surface area contributed by atoms with E-state index in [0.717, 1.165) is 17.4 Å². The molecule has 140 valence electrons. The maximum absolute atomic E-state index is 14.1. The summed E-state index contributed by atoms with van der Waals surface area (Å²) in [6, 6.07) is 11.3. The van der Waals surface area contributed by atoms with E-state index in [1.54, 1.807) is 7.11 Å². The minimum absolute atomic E-state index is 0.0418. The summed E-state index contributed by atoms with van der Waals surface area (Å²) < 4.78 is 56.5. The van der Waals surface area contributed by atoms with E-state index >= 15 is 0 Å². The summed E-state index contributed by atoms with van der Waals surface area (Å²) in [5, 5.41) is 0. The first kappa shape index (κ1) is 18.8. The van der Waals surface area contributed by atoms with Crippen molar-refractivity contribution in [2.75, 3.05) is 18.6 Å². The molecule has 1 fully saturated rings. The maximum Gasteiger partial charge on any atom is 0.163 e. The average Bonchev–Trinajstić information content (AvgIpc) is 2.99. The Balaban J connectivity index is 1.84. The van der Waals surface area contributed by atoms with Gasteiger partial charge in [0.25, 0.3) is 0 Å². The highest BCUT2D eigenvalue weighted by Crippen LogP contribution is 2.24. The van der Waals surface area contributed by atoms with Gasteiger partial charge in [0.1, 0.15) is 5.75 Å². The molecule has 0 amide bonds. The molecule has 0 saturated carbocycles. The highest BCUT2D eigenvalue weighted by atomic mass is 32.2. The second-order valence-corrected chi connectivity index (χ2v) is 8.75. The van der Waals surface area contributed by atoms with Gasteiger partial charge in [0.2, 0.25) is 0 Å². The van der Waals surface area contributed by atoms with Crippen LogP contribution in [-0.2, 0) is 22.9 Å². The molecule has 1 heterocycles. The van der Waals surface area contributed by atoms with Gasteiger partial charge in [-0.2, -0.15) is 0 Å². The Hall–Kier alpha value is -1.99. The number of sulfone groups is 1. The highest BCUT2D eigenvalue weighted by Gasteiger charge is 2.32. The Morgan fingerprint density at radius 2 is 1.85 bits per heavy atom. The number of rotatable bonds is 6. The van der Waals surface area contributed by atoms with Crippen LogP contribution in [0.3, 0.4) is 0 Å². The van der Waals surface area contributed by atoms with Gasteiger partial charge < -0.3 is 4.74 Å². The van der Waals surface area contributed by atoms with Crippen molar-refractivity contribution in [3.63, 3.8) is 0 Å². The third kappa shape index (κ3) is 4.40. The summed E-state index contributed by atoms with van der Waals surface area (Å²) in [5.74, 6) is -0.887. The zero-order chi connectivity index (χ0) is 18.7. The van der Waals surface area contributed by atoms with Gasteiger partial charge in [0, 0.05) is 24.7 Å². The monoisotopic (exact) mass is 381 g/mol. The van der Waals surface area contributed by atoms with E-state index < -0.39 is 21.5 Å². The molecule has 0 bridgehead atoms. The van der Waals surface area contributed by atoms with E-state index in [0.29, 0.717) is 13.0 Å². The standard InChI is InChI=1S/C19H21F2NO3S/c1-25-17-7-5-14(6-8-17)11-22(16-9-10-26(23,24)13-16)12-15-3-2-4-18(20)19(15)21/h2-8,16H,9-13H2,1H3/t16-/m0/s1. The van der Waals surface area contributed by atoms with Gasteiger partial charge in [0.05, 0.1) is 18.6 Å². The molecule has 0 aromatic heterocycles. The van der Waals surface area contributed by atoms with Crippen molar-refractivity contribution in [3.8, 4) is 5.75 Å². The average molecular weight is 381 g/mol. The van der Waals surface area contributed by atoms with Crippen molar-refractivity contribution in [2.45, 2.75) is 25.6 Å². The van der Waals surface area contributed by atoms with Crippen molar-refractivity contribution < 1.29 is 21.9 Å². The fourth-order valence-electron chi connectivity index (χ4n) is 3.23. The third-order valence-corrected chi connectivity index (χ3v) is 6.42. The molecule has 3 rings (SSSR count). The van der Waals surface area contributed by atoms with E-state index in [-0.39, 0.29) is 29.7 Å². The first-order valence-corrected chi connectivity index (χ1v) is 10.2. The molecule has 26 heavy (non-hydrogen) atoms. The van der Waals surface area contributed by atoms with Gasteiger partial charge in [-0.15, -0.1) is 0 Å². The van der Waals surface area contributed by atoms with Crippen molar-refractivity contribution in [1.82, 2.24) is 4.90 Å². The van der Waals surface area contributed by atoms with Crippen LogP contribution in [0.25, 0.3) is 0 Å². The van der Waals surface area contributed by atoms with E-state index in [4.69, 9.17) is 4.74 Å². The predicted molar refractivity (Wildman–Crippen MR) is 95.7 cm³/mol. The Morgan fingerprint density at radius 3 is 2.46 bits per heavy atom. The van der Waals surface area contributed by atoms with Crippen LogP contribution < -0.4 is 4.74 Å². The van der Waals surface area contributed by atoms with E-state index in [2.05, 4.69) is 0 Å². The number of nitrogens with zero attached hydrogens (tertiary/aromatic N) is 1. The summed E-state index contributed by atoms with van der Waals surface area (Å²) in [4.78, 5) is 1.91. The predicted octanol–water partition coefficient (Wildman–Crippen LogP) is 3.16. The van der Waals surface area contributed by atoms with Crippen LogP contribution in [0.2, 0.25) is 0 Å². The van der Waals surface area contributed by atoms with Gasteiger partial charge >= 0.3 is 0 Å². The molecule has 0 spiro atoms. The van der Waals surface area contributed by atoms with Crippen LogP contribution in [-0.4, -0.2) is 38.0 Å². The number of benzene rings is 2. The third-order valence-electron chi connectivity index (χ3n) is 4.67. The topological polar surface area (TPSA) is 46.6 Å². The lowest BCUT2D eigenvalue weighted by atomic mass is 10.1. The van der Waals surface area contributed by atoms with Crippen LogP contribution in [0.15, 0.2) is 42.5 Å². The minimum atomic E-state index is -3.08. The SMILES string of the molecule is COc1ccc(CN(Cc2cccc(F)c2F)[C@H]2CCS(=O)(=O)C2)cc1. The van der Waals surface area contributed by atoms with Crippen LogP contribution in [0.5, 0.6) is 5.75 Å². The van der Waals surface area contributed by atoms with Gasteiger partial charge in [-0.1, -0.05) is 24.3 Å². The zero-order valence-electron chi connectivity index (χ0n) is 14.5. The minimum Gasteiger partial charge on any atom is -0.497 e. The molecule has 0 unspecified atom stereocenters. The van der Waals surface area contributed by atoms with Crippen LogP contribution in [0, 0.1) is 11.6 Å². The Kier molecular flexibility index (Phi) is 5.58. The molecule has 0 aliphatic carbocycles. The normalized spacial score (nSPS) is 19.0. The van der Waals surface area contributed by atoms with Gasteiger partial charge in [-0.25, -0.2) is 17.2 Å². The van der Waals surface area contributed by atoms with Gasteiger partial charge in [-0.05, 0) is 30.2 Å². The van der Waals surface area contributed by atoms with Crippen LogP contribution in [0.4, 0.5) is 8.78 Å². The smallest absolute Gasteiger partial charge is 0.163 e. The van der Waals surface area contributed by atoms with Crippen LogP contribution >= 0.6 is 0 Å². The molecular weight excluding hydrogens is 360 g/mol. The molecule has 2 aromatic rings. The van der Waals surface area contributed by atoms with E-state index in [1.165, 1.54) is 12.1 Å². The van der Waals surface area contributed by atoms with Crippen molar-refractivity contribution in [2.24, 2.45) is 0 Å². The van der Waals surface area contributed by atoms with Gasteiger partial charge in [-0.3, -0.25) is 4.90 Å². The molecule has 0 N–H and O–H groups in total. The van der Waals surface area contributed by atoms with Crippen LogP contribution in [0.1, 0.15) is 17.5 Å². The Morgan fingerprint density at radius 1 is 1.12 bits per heavy atom. The summed E-state index contributed by atoms with van der Waals surface area (Å²) in [6.07, 6.45) is 0.495. The summed E-state index contributed by atoms with van der Waals surface area (Å²) in [7, 11) is -1.50. The Bertz CT molecular complexity index is 869. The maximum atomic E-state index is 14.1. The van der Waals surface area contributed by atoms with E-state index in [9.17, 15) is 17.2 Å². The lowest BCUT2D eigenvalue weighted by Gasteiger charge is -2.28. The van der Waals surface area contributed by atoms with Gasteiger partial charge in [0.15, 0.2) is 21.5 Å². The first-order valence-electron chi connectivity index (χ1n) is 8.38. The lowest BCUT2D eigenvalue weighted by Crippen LogP contribution is -2.35. The van der Waals surface area contributed by atoms with E-state index in [1.807, 2.05) is 29.2 Å². The second kappa shape index (κ2) is 7.72. The van der Waals surface area contributed by atoms with Crippen molar-refractivity contribution >= 4 is 9.84 Å². The van der Waals surface area contributed by atoms with Crippen molar-refractivity contribution in [3.05, 3.63) is 65.2 Å². The lowest BCUT2D eigenvalue weighted by molar-refractivity contribution is 0.191. The number of ether oxygens (including phenoxy) is 1. The second-order valence-electron chi connectivity index (χ2n) is 6.52. The molecule has 0 radical (unpaired) electrons. The Labute approximate surface area is 152 Å². The number of hydrogen-bond acceptors (Lipinski definition) is 4. The molecule has 1 atom stereocenters. The number of hydrogen-bond donors (Lipinski definition) is 0. The summed E-state index contributed by atoms with van der Waals surface area (Å²) >= 11 is 0. The summed E-state index contributed by atoms with van der Waals surface area (Å²) in [5.41, 5.74) is 1.18.